The number of alkyl halides is 2. The Hall–Kier alpha value is -4.03. The molecule has 0 bridgehead atoms. The summed E-state index contributed by atoms with van der Waals surface area (Å²) in [5.74, 6) is -0.762. The summed E-state index contributed by atoms with van der Waals surface area (Å²) in [5.41, 5.74) is 0.420. The third kappa shape index (κ3) is 7.99. The van der Waals surface area contributed by atoms with E-state index in [1.54, 1.807) is 11.9 Å². The second-order valence-corrected chi connectivity index (χ2v) is 9.27. The van der Waals surface area contributed by atoms with E-state index in [1.165, 1.54) is 47.4 Å². The lowest BCUT2D eigenvalue weighted by molar-refractivity contribution is -0.131. The molecule has 13 heteroatoms. The summed E-state index contributed by atoms with van der Waals surface area (Å²) in [5, 5.41) is 10.3. The lowest BCUT2D eigenvalue weighted by Crippen LogP contribution is -2.36. The molecule has 1 aliphatic rings. The van der Waals surface area contributed by atoms with Crippen LogP contribution in [-0.2, 0) is 16.1 Å². The molecule has 1 aromatic heterocycles. The van der Waals surface area contributed by atoms with Crippen molar-refractivity contribution in [2.24, 2.45) is 4.99 Å². The van der Waals surface area contributed by atoms with Gasteiger partial charge in [0.2, 0.25) is 5.91 Å². The molecule has 0 spiro atoms. The van der Waals surface area contributed by atoms with Gasteiger partial charge in [0.15, 0.2) is 0 Å². The predicted octanol–water partition coefficient (Wildman–Crippen LogP) is 3.78. The van der Waals surface area contributed by atoms with Crippen LogP contribution in [0.4, 0.5) is 14.5 Å². The van der Waals surface area contributed by atoms with E-state index in [2.05, 4.69) is 38.8 Å². The molecule has 1 aromatic carbocycles. The number of amides is 2. The number of rotatable bonds is 11. The molecule has 1 saturated heterocycles. The first-order valence-electron chi connectivity index (χ1n) is 12.5. The number of nitrogens with one attached hydrogen (secondary N) is 2. The van der Waals surface area contributed by atoms with Gasteiger partial charge in [0.25, 0.3) is 5.91 Å². The smallest absolute Gasteiger partial charge is 0.387 e. The number of hydrogen-bond donors (Lipinski definition) is 2. The Balaban J connectivity index is 2.04. The first kappa shape index (κ1) is 30.5. The van der Waals surface area contributed by atoms with Crippen molar-refractivity contribution in [3.63, 3.8) is 0 Å². The van der Waals surface area contributed by atoms with Crippen molar-refractivity contribution in [2.75, 3.05) is 45.6 Å². The number of carbonyl (C=O) groups is 2. The van der Waals surface area contributed by atoms with Gasteiger partial charge < -0.3 is 25.2 Å². The van der Waals surface area contributed by atoms with Crippen molar-refractivity contribution in [2.45, 2.75) is 19.6 Å². The number of nitrogens with zero attached hydrogens (tertiary/aromatic N) is 5. The molecule has 40 heavy (non-hydrogen) atoms. The van der Waals surface area contributed by atoms with E-state index in [4.69, 9.17) is 16.3 Å². The van der Waals surface area contributed by atoms with Gasteiger partial charge in [0.05, 0.1) is 11.3 Å². The number of likely N-dealkylation sites (N-methyl/N-ethyl adjacent to an activating group) is 1. The summed E-state index contributed by atoms with van der Waals surface area (Å²) < 4.78 is 32.5. The molecule has 214 valence electrons. The maximum absolute atomic E-state index is 13.3. The predicted molar refractivity (Wildman–Crippen MR) is 152 cm³/mol. The van der Waals surface area contributed by atoms with E-state index in [9.17, 15) is 18.4 Å². The number of carbonyl (C=O) groups excluding carboxylic acids is 2. The fraction of sp³-hybridized carbons (Fsp3) is 0.333. The second-order valence-electron chi connectivity index (χ2n) is 8.83. The van der Waals surface area contributed by atoms with Gasteiger partial charge >= 0.3 is 6.61 Å². The first-order chi connectivity index (χ1) is 19.2. The normalized spacial score (nSPS) is 15.0. The van der Waals surface area contributed by atoms with E-state index < -0.39 is 12.5 Å². The Morgan fingerprint density at radius 1 is 1.25 bits per heavy atom. The highest BCUT2D eigenvalue weighted by Gasteiger charge is 2.24. The minimum absolute atomic E-state index is 0.0823. The van der Waals surface area contributed by atoms with E-state index in [1.807, 2.05) is 7.05 Å². The van der Waals surface area contributed by atoms with Gasteiger partial charge in [-0.05, 0) is 38.2 Å². The van der Waals surface area contributed by atoms with E-state index >= 15 is 0 Å². The summed E-state index contributed by atoms with van der Waals surface area (Å²) in [6.45, 7) is 6.82. The monoisotopic (exact) mass is 575 g/mol. The zero-order valence-electron chi connectivity index (χ0n) is 22.4. The Bertz CT molecular complexity index is 1310. The van der Waals surface area contributed by atoms with Crippen LogP contribution in [-0.4, -0.2) is 84.5 Å². The standard InChI is InChI=1S/C27H32ClF2N7O3/c1-5-10-32-25(31-3)19(6-2)26(39)33-21-16-37(17-23(38)36-12-7-11-35(4)13-14-36)34-24(21)20-15-18(28)8-9-22(20)40-27(29)30/h5-6,8-10,15-16,27,31H,1-2,7,11-14,17H2,3-4H3,(H,33,39)/b25-19-,32-10-. The van der Waals surface area contributed by atoms with Gasteiger partial charge in [-0.15, -0.1) is 0 Å². The molecule has 0 radical (unpaired) electrons. The molecular weight excluding hydrogens is 544 g/mol. The molecule has 1 aliphatic heterocycles. The van der Waals surface area contributed by atoms with Crippen molar-refractivity contribution < 1.29 is 23.1 Å². The van der Waals surface area contributed by atoms with Gasteiger partial charge in [-0.25, -0.2) is 4.99 Å². The van der Waals surface area contributed by atoms with E-state index in [0.29, 0.717) is 13.1 Å². The fourth-order valence-corrected chi connectivity index (χ4v) is 4.27. The zero-order chi connectivity index (χ0) is 29.2. The summed E-state index contributed by atoms with van der Waals surface area (Å²) in [6.07, 6.45) is 6.45. The van der Waals surface area contributed by atoms with Crippen LogP contribution in [0, 0.1) is 0 Å². The Morgan fingerprint density at radius 2 is 2.02 bits per heavy atom. The largest absolute Gasteiger partial charge is 0.434 e. The van der Waals surface area contributed by atoms with Crippen LogP contribution in [0.1, 0.15) is 6.42 Å². The summed E-state index contributed by atoms with van der Waals surface area (Å²) >= 11 is 6.18. The highest BCUT2D eigenvalue weighted by Crippen LogP contribution is 2.37. The van der Waals surface area contributed by atoms with Crippen LogP contribution < -0.4 is 15.4 Å². The van der Waals surface area contributed by atoms with Crippen molar-refractivity contribution >= 4 is 35.3 Å². The molecule has 2 heterocycles. The van der Waals surface area contributed by atoms with E-state index in [0.717, 1.165) is 19.5 Å². The third-order valence-electron chi connectivity index (χ3n) is 6.04. The molecular formula is C27H32ClF2N7O3. The molecule has 3 rings (SSSR count). The molecule has 0 unspecified atom stereocenters. The van der Waals surface area contributed by atoms with Gasteiger partial charge in [-0.2, -0.15) is 13.9 Å². The van der Waals surface area contributed by atoms with Crippen LogP contribution in [0.5, 0.6) is 5.75 Å². The number of aliphatic imine (C=N–C) groups is 1. The molecule has 2 N–H and O–H groups in total. The number of aromatic nitrogens is 2. The fourth-order valence-electron chi connectivity index (χ4n) is 4.10. The lowest BCUT2D eigenvalue weighted by Gasteiger charge is -2.20. The maximum Gasteiger partial charge on any atom is 0.387 e. The molecule has 0 aliphatic carbocycles. The van der Waals surface area contributed by atoms with Crippen LogP contribution >= 0.6 is 11.6 Å². The number of halogens is 3. The second kappa shape index (κ2) is 14.4. The minimum Gasteiger partial charge on any atom is -0.434 e. The van der Waals surface area contributed by atoms with Crippen molar-refractivity contribution in [1.82, 2.24) is 24.9 Å². The number of hydrogen-bond acceptors (Lipinski definition) is 7. The van der Waals surface area contributed by atoms with Gasteiger partial charge in [-0.3, -0.25) is 14.3 Å². The number of allylic oxidation sites excluding steroid dienone is 1. The summed E-state index contributed by atoms with van der Waals surface area (Å²) in [4.78, 5) is 34.5. The highest BCUT2D eigenvalue weighted by molar-refractivity contribution is 6.31. The number of anilines is 1. The van der Waals surface area contributed by atoms with Gasteiger partial charge in [-0.1, -0.05) is 36.9 Å². The minimum atomic E-state index is -3.11. The molecule has 0 saturated carbocycles. The van der Waals surface area contributed by atoms with Crippen molar-refractivity contribution in [3.8, 4) is 17.0 Å². The Kier molecular flexibility index (Phi) is 11.0. The molecule has 2 amide bonds. The highest BCUT2D eigenvalue weighted by atomic mass is 35.5. The van der Waals surface area contributed by atoms with Gasteiger partial charge in [0, 0.05) is 49.7 Å². The molecule has 10 nitrogen and oxygen atoms in total. The molecule has 0 atom stereocenters. The average molecular weight is 576 g/mol. The number of ether oxygens (including phenoxy) is 1. The van der Waals surface area contributed by atoms with Gasteiger partial charge in [0.1, 0.15) is 23.8 Å². The quantitative estimate of drug-likeness (QED) is 0.240. The van der Waals surface area contributed by atoms with Crippen LogP contribution in [0.15, 0.2) is 66.1 Å². The third-order valence-corrected chi connectivity index (χ3v) is 6.28. The lowest BCUT2D eigenvalue weighted by atomic mass is 10.1. The zero-order valence-corrected chi connectivity index (χ0v) is 23.1. The van der Waals surface area contributed by atoms with Crippen LogP contribution in [0.25, 0.3) is 11.3 Å². The molecule has 2 aromatic rings. The van der Waals surface area contributed by atoms with Crippen molar-refractivity contribution in [3.05, 3.63) is 66.1 Å². The van der Waals surface area contributed by atoms with E-state index in [-0.39, 0.29) is 51.6 Å². The van der Waals surface area contributed by atoms with Crippen LogP contribution in [0.2, 0.25) is 5.02 Å². The summed E-state index contributed by atoms with van der Waals surface area (Å²) in [6, 6.07) is 4.07. The van der Waals surface area contributed by atoms with Crippen molar-refractivity contribution in [1.29, 1.82) is 0 Å². The first-order valence-corrected chi connectivity index (χ1v) is 12.8. The number of benzene rings is 1. The van der Waals surface area contributed by atoms with Crippen LogP contribution in [0.3, 0.4) is 0 Å². The summed E-state index contributed by atoms with van der Waals surface area (Å²) in [7, 11) is 3.59. The Morgan fingerprint density at radius 3 is 2.70 bits per heavy atom. The molecule has 1 fully saturated rings. The maximum atomic E-state index is 13.3. The topological polar surface area (TPSA) is 104 Å². The SMILES string of the molecule is C=C/C=N\C(NC)=C(\C=C)C(=O)Nc1cn(CC(=O)N2CCCN(C)CC2)nc1-c1cc(Cl)ccc1OC(F)F. The Labute approximate surface area is 236 Å². The average Bonchev–Trinajstić information content (AvgIpc) is 3.15.